The summed E-state index contributed by atoms with van der Waals surface area (Å²) in [4.78, 5) is 22.3. The van der Waals surface area contributed by atoms with Crippen LogP contribution in [0.3, 0.4) is 0 Å². The predicted molar refractivity (Wildman–Crippen MR) is 92.0 cm³/mol. The maximum atomic E-state index is 12.6. The molecule has 6 nitrogen and oxygen atoms in total. The fraction of sp³-hybridized carbons (Fsp3) is 0.353. The fourth-order valence-corrected chi connectivity index (χ4v) is 3.01. The van der Waals surface area contributed by atoms with Crippen molar-refractivity contribution in [3.8, 4) is 5.75 Å². The van der Waals surface area contributed by atoms with Crippen molar-refractivity contribution in [2.45, 2.75) is 12.8 Å². The Morgan fingerprint density at radius 2 is 2.12 bits per heavy atom. The molecule has 1 aromatic carbocycles. The zero-order valence-electron chi connectivity index (χ0n) is 13.2. The van der Waals surface area contributed by atoms with Gasteiger partial charge >= 0.3 is 0 Å². The number of likely N-dealkylation sites (tertiary alicyclic amines) is 1. The average Bonchev–Trinajstić information content (AvgIpc) is 2.61. The number of benzene rings is 1. The van der Waals surface area contributed by atoms with E-state index in [-0.39, 0.29) is 23.3 Å². The van der Waals surface area contributed by atoms with Crippen LogP contribution in [0.15, 0.2) is 36.7 Å². The third kappa shape index (κ3) is 3.76. The van der Waals surface area contributed by atoms with Crippen molar-refractivity contribution >= 4 is 23.3 Å². The van der Waals surface area contributed by atoms with Gasteiger partial charge in [-0.15, -0.1) is 0 Å². The molecular formula is C17H19ClN4O2. The monoisotopic (exact) mass is 346 g/mol. The molecule has 1 aliphatic heterocycles. The minimum Gasteiger partial charge on any atom is -0.492 e. The Hall–Kier alpha value is -2.34. The Morgan fingerprint density at radius 3 is 2.92 bits per heavy atom. The molecule has 2 N–H and O–H groups in total. The number of anilines is 1. The summed E-state index contributed by atoms with van der Waals surface area (Å²) in [6.45, 7) is 1.82. The SMILES string of the molecule is Nc1nccnc1C(=O)N1CCCC(COc2ccccc2Cl)C1. The number of carbonyl (C=O) groups excluding carboxylic acids is 1. The topological polar surface area (TPSA) is 81.3 Å². The first-order chi connectivity index (χ1) is 11.6. The number of nitrogen functional groups attached to an aromatic ring is 1. The van der Waals surface area contributed by atoms with Crippen LogP contribution in [0.4, 0.5) is 5.82 Å². The molecule has 0 spiro atoms. The third-order valence-electron chi connectivity index (χ3n) is 4.05. The summed E-state index contributed by atoms with van der Waals surface area (Å²) in [7, 11) is 0. The number of nitrogens with zero attached hydrogens (tertiary/aromatic N) is 3. The number of halogens is 1. The van der Waals surface area contributed by atoms with Crippen LogP contribution in [-0.4, -0.2) is 40.5 Å². The summed E-state index contributed by atoms with van der Waals surface area (Å²) < 4.78 is 5.81. The van der Waals surface area contributed by atoms with Gasteiger partial charge < -0.3 is 15.4 Å². The number of amides is 1. The van der Waals surface area contributed by atoms with Crippen LogP contribution in [0.1, 0.15) is 23.3 Å². The minimum absolute atomic E-state index is 0.164. The highest BCUT2D eigenvalue weighted by molar-refractivity contribution is 6.32. The number of hydrogen-bond donors (Lipinski definition) is 1. The van der Waals surface area contributed by atoms with Crippen molar-refractivity contribution in [2.24, 2.45) is 5.92 Å². The molecule has 1 fully saturated rings. The number of nitrogens with two attached hydrogens (primary N) is 1. The van der Waals surface area contributed by atoms with E-state index in [0.29, 0.717) is 30.5 Å². The lowest BCUT2D eigenvalue weighted by atomic mass is 9.98. The molecule has 0 radical (unpaired) electrons. The largest absolute Gasteiger partial charge is 0.492 e. The summed E-state index contributed by atoms with van der Waals surface area (Å²) in [5.74, 6) is 0.901. The van der Waals surface area contributed by atoms with Gasteiger partial charge in [-0.25, -0.2) is 9.97 Å². The van der Waals surface area contributed by atoms with Gasteiger partial charge in [-0.1, -0.05) is 23.7 Å². The molecule has 0 aliphatic carbocycles. The van der Waals surface area contributed by atoms with Crippen LogP contribution in [0.25, 0.3) is 0 Å². The smallest absolute Gasteiger partial charge is 0.276 e. The van der Waals surface area contributed by atoms with Gasteiger partial charge in [0.2, 0.25) is 0 Å². The average molecular weight is 347 g/mol. The maximum Gasteiger partial charge on any atom is 0.276 e. The molecule has 1 aliphatic rings. The summed E-state index contributed by atoms with van der Waals surface area (Å²) in [6.07, 6.45) is 4.88. The van der Waals surface area contributed by atoms with E-state index < -0.39 is 0 Å². The van der Waals surface area contributed by atoms with E-state index in [9.17, 15) is 4.79 Å². The first kappa shape index (κ1) is 16.5. The van der Waals surface area contributed by atoms with E-state index in [1.807, 2.05) is 18.2 Å². The molecule has 1 aromatic heterocycles. The summed E-state index contributed by atoms with van der Waals surface area (Å²) in [6, 6.07) is 7.38. The molecule has 0 saturated carbocycles. The summed E-state index contributed by atoms with van der Waals surface area (Å²) >= 11 is 6.10. The van der Waals surface area contributed by atoms with Gasteiger partial charge in [-0.05, 0) is 25.0 Å². The second-order valence-corrected chi connectivity index (χ2v) is 6.20. The highest BCUT2D eigenvalue weighted by Gasteiger charge is 2.27. The van der Waals surface area contributed by atoms with E-state index in [0.717, 1.165) is 12.8 Å². The van der Waals surface area contributed by atoms with Crippen LogP contribution >= 0.6 is 11.6 Å². The molecule has 24 heavy (non-hydrogen) atoms. The Kier molecular flexibility index (Phi) is 5.15. The predicted octanol–water partition coefficient (Wildman–Crippen LogP) is 2.64. The Bertz CT molecular complexity index is 725. The lowest BCUT2D eigenvalue weighted by Crippen LogP contribution is -2.42. The molecule has 0 bridgehead atoms. The molecule has 1 amide bonds. The molecule has 7 heteroatoms. The van der Waals surface area contributed by atoms with Crippen molar-refractivity contribution in [1.82, 2.24) is 14.9 Å². The molecule has 1 saturated heterocycles. The van der Waals surface area contributed by atoms with Gasteiger partial charge in [0.1, 0.15) is 5.75 Å². The van der Waals surface area contributed by atoms with Crippen LogP contribution in [0.5, 0.6) is 5.75 Å². The summed E-state index contributed by atoms with van der Waals surface area (Å²) in [5, 5.41) is 0.591. The number of aromatic nitrogens is 2. The highest BCUT2D eigenvalue weighted by Crippen LogP contribution is 2.25. The number of hydrogen-bond acceptors (Lipinski definition) is 5. The van der Waals surface area contributed by atoms with E-state index in [1.165, 1.54) is 12.4 Å². The zero-order valence-corrected chi connectivity index (χ0v) is 13.9. The first-order valence-corrected chi connectivity index (χ1v) is 8.26. The molecule has 2 aromatic rings. The quantitative estimate of drug-likeness (QED) is 0.920. The standard InChI is InChI=1S/C17H19ClN4O2/c18-13-5-1-2-6-14(13)24-11-12-4-3-9-22(10-12)17(23)15-16(19)21-8-7-20-15/h1-2,5-8,12H,3-4,9-11H2,(H2,19,21). The van der Waals surface area contributed by atoms with E-state index in [1.54, 1.807) is 11.0 Å². The fourth-order valence-electron chi connectivity index (χ4n) is 2.82. The van der Waals surface area contributed by atoms with E-state index in [2.05, 4.69) is 9.97 Å². The molecule has 2 heterocycles. The Balaban J connectivity index is 1.61. The molecule has 126 valence electrons. The van der Waals surface area contributed by atoms with Crippen molar-refractivity contribution in [3.63, 3.8) is 0 Å². The van der Waals surface area contributed by atoms with Gasteiger partial charge in [-0.2, -0.15) is 0 Å². The van der Waals surface area contributed by atoms with Crippen molar-refractivity contribution < 1.29 is 9.53 Å². The van der Waals surface area contributed by atoms with Gasteiger partial charge in [-0.3, -0.25) is 4.79 Å². The number of para-hydroxylation sites is 1. The van der Waals surface area contributed by atoms with Gasteiger partial charge in [0.25, 0.3) is 5.91 Å². The van der Waals surface area contributed by atoms with Crippen molar-refractivity contribution in [3.05, 3.63) is 47.4 Å². The molecule has 1 unspecified atom stereocenters. The van der Waals surface area contributed by atoms with Crippen LogP contribution < -0.4 is 10.5 Å². The van der Waals surface area contributed by atoms with Crippen LogP contribution in [0.2, 0.25) is 5.02 Å². The minimum atomic E-state index is -0.178. The number of piperidine rings is 1. The normalized spacial score (nSPS) is 17.5. The Morgan fingerprint density at radius 1 is 1.33 bits per heavy atom. The van der Waals surface area contributed by atoms with Crippen molar-refractivity contribution in [2.75, 3.05) is 25.4 Å². The van der Waals surface area contributed by atoms with Gasteiger partial charge in [0.15, 0.2) is 11.5 Å². The molecule has 3 rings (SSSR count). The lowest BCUT2D eigenvalue weighted by molar-refractivity contribution is 0.0628. The summed E-state index contributed by atoms with van der Waals surface area (Å²) in [5.41, 5.74) is 5.97. The van der Waals surface area contributed by atoms with Crippen molar-refractivity contribution in [1.29, 1.82) is 0 Å². The van der Waals surface area contributed by atoms with Crippen LogP contribution in [-0.2, 0) is 0 Å². The van der Waals surface area contributed by atoms with Crippen LogP contribution in [0, 0.1) is 5.92 Å². The lowest BCUT2D eigenvalue weighted by Gasteiger charge is -2.32. The second-order valence-electron chi connectivity index (χ2n) is 5.79. The number of carbonyl (C=O) groups is 1. The number of ether oxygens (including phenoxy) is 1. The Labute approximate surface area is 145 Å². The van der Waals surface area contributed by atoms with E-state index >= 15 is 0 Å². The zero-order chi connectivity index (χ0) is 16.9. The molecular weight excluding hydrogens is 328 g/mol. The third-order valence-corrected chi connectivity index (χ3v) is 4.36. The maximum absolute atomic E-state index is 12.6. The number of rotatable bonds is 4. The van der Waals surface area contributed by atoms with Gasteiger partial charge in [0, 0.05) is 31.4 Å². The molecule has 1 atom stereocenters. The first-order valence-electron chi connectivity index (χ1n) is 7.88. The second kappa shape index (κ2) is 7.49. The highest BCUT2D eigenvalue weighted by atomic mass is 35.5. The van der Waals surface area contributed by atoms with E-state index in [4.69, 9.17) is 22.1 Å². The van der Waals surface area contributed by atoms with Gasteiger partial charge in [0.05, 0.1) is 11.6 Å².